The highest BCUT2D eigenvalue weighted by atomic mass is 32.2. The summed E-state index contributed by atoms with van der Waals surface area (Å²) in [6.07, 6.45) is -4.97. The summed E-state index contributed by atoms with van der Waals surface area (Å²) in [6.45, 7) is 1.54. The molecule has 2 rings (SSSR count). The van der Waals surface area contributed by atoms with Crippen molar-refractivity contribution in [3.05, 3.63) is 11.3 Å². The summed E-state index contributed by atoms with van der Waals surface area (Å²) in [4.78, 5) is 35.9. The SMILES string of the molecule is CC1=C(C(=O)O)N2C(=O)C(NC(=O)CS(=O)(=O)CC(F)(F)F)[C@H]2SC1. The van der Waals surface area contributed by atoms with E-state index in [0.717, 1.165) is 16.7 Å². The number of alkyl halides is 3. The highest BCUT2D eigenvalue weighted by Gasteiger charge is 2.53. The van der Waals surface area contributed by atoms with Gasteiger partial charge in [-0.2, -0.15) is 13.2 Å². The molecule has 2 heterocycles. The van der Waals surface area contributed by atoms with Crippen molar-refractivity contribution in [3.8, 4) is 0 Å². The summed E-state index contributed by atoms with van der Waals surface area (Å²) >= 11 is 1.16. The summed E-state index contributed by atoms with van der Waals surface area (Å²) in [7, 11) is -4.72. The van der Waals surface area contributed by atoms with Crippen LogP contribution >= 0.6 is 11.8 Å². The number of carbonyl (C=O) groups is 3. The van der Waals surface area contributed by atoms with Gasteiger partial charge in [0.05, 0.1) is 0 Å². The molecule has 0 spiro atoms. The van der Waals surface area contributed by atoms with Crippen molar-refractivity contribution in [1.29, 1.82) is 0 Å². The van der Waals surface area contributed by atoms with Crippen LogP contribution in [0.2, 0.25) is 0 Å². The lowest BCUT2D eigenvalue weighted by Crippen LogP contribution is -2.70. The van der Waals surface area contributed by atoms with Crippen LogP contribution in [-0.2, 0) is 24.2 Å². The molecular weight excluding hydrogens is 389 g/mol. The molecule has 2 N–H and O–H groups in total. The Morgan fingerprint density at radius 1 is 1.40 bits per heavy atom. The predicted molar refractivity (Wildman–Crippen MR) is 80.1 cm³/mol. The number of aliphatic carboxylic acids is 1. The van der Waals surface area contributed by atoms with E-state index in [4.69, 9.17) is 5.11 Å². The second kappa shape index (κ2) is 6.52. The number of nitrogens with one attached hydrogen (secondary N) is 1. The molecule has 0 aromatic carbocycles. The molecular formula is C12H13F3N2O6S2. The van der Waals surface area contributed by atoms with Gasteiger partial charge in [-0.05, 0) is 12.5 Å². The third kappa shape index (κ3) is 4.26. The molecule has 8 nitrogen and oxygen atoms in total. The standard InChI is InChI=1S/C12H13F3N2O6S2/c1-5-2-24-10-7(9(19)17(10)8(5)11(20)21)16-6(18)3-25(22,23)4-12(13,14)15/h7,10H,2-4H2,1H3,(H,16,18)(H,20,21)/t7?,10-/m1/s1. The number of nitrogens with zero attached hydrogens (tertiary/aromatic N) is 1. The maximum Gasteiger partial charge on any atom is 0.402 e. The Labute approximate surface area is 144 Å². The zero-order chi connectivity index (χ0) is 19.2. The molecule has 1 unspecified atom stereocenters. The molecule has 0 saturated carbocycles. The van der Waals surface area contributed by atoms with Crippen molar-refractivity contribution in [2.45, 2.75) is 24.5 Å². The Hall–Kier alpha value is -1.76. The first-order valence-electron chi connectivity index (χ1n) is 6.76. The van der Waals surface area contributed by atoms with Crippen LogP contribution in [0, 0.1) is 0 Å². The van der Waals surface area contributed by atoms with Gasteiger partial charge in [-0.25, -0.2) is 13.2 Å². The number of rotatable bonds is 5. The van der Waals surface area contributed by atoms with Gasteiger partial charge in [-0.15, -0.1) is 11.8 Å². The number of amides is 2. The third-order valence-electron chi connectivity index (χ3n) is 3.41. The number of carboxylic acid groups (broad SMARTS) is 1. The Balaban J connectivity index is 2.03. The van der Waals surface area contributed by atoms with E-state index in [9.17, 15) is 36.0 Å². The molecule has 2 aliphatic rings. The van der Waals surface area contributed by atoms with Crippen LogP contribution in [0.3, 0.4) is 0 Å². The van der Waals surface area contributed by atoms with E-state index in [0.29, 0.717) is 5.57 Å². The Morgan fingerprint density at radius 2 is 2.00 bits per heavy atom. The molecule has 0 bridgehead atoms. The number of thioether (sulfide) groups is 1. The summed E-state index contributed by atoms with van der Waals surface area (Å²) in [5, 5.41) is 10.5. The van der Waals surface area contributed by atoms with Crippen LogP contribution in [0.5, 0.6) is 0 Å². The summed E-state index contributed by atoms with van der Waals surface area (Å²) in [5.41, 5.74) is 0.253. The van der Waals surface area contributed by atoms with E-state index in [1.54, 1.807) is 0 Å². The first-order chi connectivity index (χ1) is 11.3. The first-order valence-corrected chi connectivity index (χ1v) is 9.63. The van der Waals surface area contributed by atoms with Gasteiger partial charge in [0.15, 0.2) is 9.84 Å². The number of fused-ring (bicyclic) bond motifs is 1. The fourth-order valence-corrected chi connectivity index (χ4v) is 4.87. The van der Waals surface area contributed by atoms with Crippen molar-refractivity contribution >= 4 is 39.4 Å². The number of carbonyl (C=O) groups excluding carboxylic acids is 2. The van der Waals surface area contributed by atoms with Gasteiger partial charge >= 0.3 is 12.1 Å². The third-order valence-corrected chi connectivity index (χ3v) is 6.31. The summed E-state index contributed by atoms with van der Waals surface area (Å²) in [6, 6.07) is -1.18. The van der Waals surface area contributed by atoms with E-state index in [-0.39, 0.29) is 11.4 Å². The number of carboxylic acids is 1. The van der Waals surface area contributed by atoms with Crippen LogP contribution in [0.25, 0.3) is 0 Å². The van der Waals surface area contributed by atoms with Gasteiger partial charge in [0.25, 0.3) is 5.91 Å². The highest BCUT2D eigenvalue weighted by molar-refractivity contribution is 8.00. The minimum Gasteiger partial charge on any atom is -0.477 e. The smallest absolute Gasteiger partial charge is 0.402 e. The van der Waals surface area contributed by atoms with E-state index < -0.39 is 56.7 Å². The topological polar surface area (TPSA) is 121 Å². The number of sulfone groups is 1. The van der Waals surface area contributed by atoms with E-state index in [1.807, 2.05) is 0 Å². The van der Waals surface area contributed by atoms with Gasteiger partial charge in [0, 0.05) is 5.75 Å². The predicted octanol–water partition coefficient (Wildman–Crippen LogP) is -0.278. The fourth-order valence-electron chi connectivity index (χ4n) is 2.49. The second-order valence-corrected chi connectivity index (χ2v) is 8.71. The number of halogens is 3. The zero-order valence-electron chi connectivity index (χ0n) is 12.7. The van der Waals surface area contributed by atoms with Crippen molar-refractivity contribution < 1.29 is 41.1 Å². The van der Waals surface area contributed by atoms with Crippen LogP contribution in [-0.4, -0.2) is 71.1 Å². The summed E-state index contributed by atoms with van der Waals surface area (Å²) < 4.78 is 59.1. The molecule has 0 aromatic heterocycles. The normalized spacial score (nSPS) is 23.8. The molecule has 0 aliphatic carbocycles. The summed E-state index contributed by atoms with van der Waals surface area (Å²) in [5.74, 6) is -6.57. The lowest BCUT2D eigenvalue weighted by Gasteiger charge is -2.49. The van der Waals surface area contributed by atoms with Gasteiger partial charge in [0.1, 0.15) is 28.6 Å². The average Bonchev–Trinajstić information content (AvgIpc) is 2.40. The van der Waals surface area contributed by atoms with Gasteiger partial charge in [0.2, 0.25) is 5.91 Å². The lowest BCUT2D eigenvalue weighted by atomic mass is 10.0. The molecule has 2 aliphatic heterocycles. The van der Waals surface area contributed by atoms with E-state index in [2.05, 4.69) is 5.32 Å². The number of β-lactam (4-membered cyclic amide) rings is 1. The largest absolute Gasteiger partial charge is 0.477 e. The Morgan fingerprint density at radius 3 is 2.52 bits per heavy atom. The molecule has 1 saturated heterocycles. The average molecular weight is 402 g/mol. The monoisotopic (exact) mass is 402 g/mol. The minimum atomic E-state index is -4.97. The van der Waals surface area contributed by atoms with Crippen LogP contribution in [0.1, 0.15) is 6.92 Å². The van der Waals surface area contributed by atoms with E-state index in [1.165, 1.54) is 6.92 Å². The first kappa shape index (κ1) is 19.6. The number of hydrogen-bond acceptors (Lipinski definition) is 6. The quantitative estimate of drug-likeness (QED) is 0.607. The Kier molecular flexibility index (Phi) is 5.10. The van der Waals surface area contributed by atoms with Crippen LogP contribution < -0.4 is 5.32 Å². The number of hydrogen-bond donors (Lipinski definition) is 2. The van der Waals surface area contributed by atoms with E-state index >= 15 is 0 Å². The molecule has 0 aromatic rings. The second-order valence-electron chi connectivity index (χ2n) is 5.54. The van der Waals surface area contributed by atoms with Gasteiger partial charge in [-0.3, -0.25) is 14.5 Å². The van der Waals surface area contributed by atoms with Crippen LogP contribution in [0.4, 0.5) is 13.2 Å². The Bertz CT molecular complexity index is 761. The van der Waals surface area contributed by atoms with Crippen LogP contribution in [0.15, 0.2) is 11.3 Å². The van der Waals surface area contributed by atoms with Crippen molar-refractivity contribution in [1.82, 2.24) is 10.2 Å². The molecule has 2 amide bonds. The highest BCUT2D eigenvalue weighted by Crippen LogP contribution is 2.40. The minimum absolute atomic E-state index is 0.205. The zero-order valence-corrected chi connectivity index (χ0v) is 14.3. The molecule has 1 fully saturated rings. The van der Waals surface area contributed by atoms with Gasteiger partial charge < -0.3 is 10.4 Å². The molecule has 140 valence electrons. The molecule has 13 heteroatoms. The maximum absolute atomic E-state index is 12.1. The van der Waals surface area contributed by atoms with Crippen molar-refractivity contribution in [3.63, 3.8) is 0 Å². The van der Waals surface area contributed by atoms with Crippen molar-refractivity contribution in [2.75, 3.05) is 17.3 Å². The maximum atomic E-state index is 12.1. The van der Waals surface area contributed by atoms with Crippen molar-refractivity contribution in [2.24, 2.45) is 0 Å². The lowest BCUT2D eigenvalue weighted by molar-refractivity contribution is -0.150. The van der Waals surface area contributed by atoms with Gasteiger partial charge in [-0.1, -0.05) is 0 Å². The molecule has 25 heavy (non-hydrogen) atoms. The molecule has 0 radical (unpaired) electrons. The fraction of sp³-hybridized carbons (Fsp3) is 0.583. The molecule has 2 atom stereocenters.